The minimum atomic E-state index is -0.982. The van der Waals surface area contributed by atoms with E-state index in [-0.39, 0.29) is 24.2 Å². The van der Waals surface area contributed by atoms with Gasteiger partial charge in [-0.3, -0.25) is 0 Å². The van der Waals surface area contributed by atoms with Crippen molar-refractivity contribution in [3.8, 4) is 0 Å². The summed E-state index contributed by atoms with van der Waals surface area (Å²) in [7, 11) is 0. The number of quaternary nitrogens is 1. The molecule has 3 N–H and O–H groups in total. The predicted octanol–water partition coefficient (Wildman–Crippen LogP) is 0.491. The highest BCUT2D eigenvalue weighted by Gasteiger charge is 2.34. The monoisotopic (exact) mass is 274 g/mol. The number of benzene rings is 1. The van der Waals surface area contributed by atoms with Crippen LogP contribution in [0.3, 0.4) is 0 Å². The zero-order valence-electron chi connectivity index (χ0n) is 10.8. The van der Waals surface area contributed by atoms with Crippen LogP contribution in [0.25, 0.3) is 0 Å². The first kappa shape index (κ1) is 12.9. The first-order chi connectivity index (χ1) is 9.56. The summed E-state index contributed by atoms with van der Waals surface area (Å²) in [6.07, 6.45) is 1.91. The van der Waals surface area contributed by atoms with Gasteiger partial charge in [-0.1, -0.05) is 18.2 Å². The van der Waals surface area contributed by atoms with Crippen molar-refractivity contribution >= 4 is 11.7 Å². The molecule has 2 unspecified atom stereocenters. The van der Waals surface area contributed by atoms with Gasteiger partial charge in [0.1, 0.15) is 6.61 Å². The number of rotatable bonds is 2. The molecule has 2 heterocycles. The van der Waals surface area contributed by atoms with Gasteiger partial charge in [0.15, 0.2) is 5.69 Å². The summed E-state index contributed by atoms with van der Waals surface area (Å²) in [6, 6.07) is 6.64. The summed E-state index contributed by atoms with van der Waals surface area (Å²) >= 11 is 0. The molecule has 1 aromatic carbocycles. The summed E-state index contributed by atoms with van der Waals surface area (Å²) in [6.45, 7) is 2.15. The second kappa shape index (κ2) is 4.75. The number of carbonyl (C=O) groups is 1. The molecule has 20 heavy (non-hydrogen) atoms. The van der Waals surface area contributed by atoms with E-state index in [1.54, 1.807) is 12.1 Å². The molecule has 6 heteroatoms. The van der Waals surface area contributed by atoms with Gasteiger partial charge in [-0.15, -0.1) is 0 Å². The fourth-order valence-electron chi connectivity index (χ4n) is 2.58. The molecule has 0 aliphatic carbocycles. The Hall–Kier alpha value is -2.15. The van der Waals surface area contributed by atoms with E-state index in [0.29, 0.717) is 5.57 Å². The van der Waals surface area contributed by atoms with Crippen LogP contribution in [0.5, 0.6) is 0 Å². The molecule has 0 bridgehead atoms. The van der Waals surface area contributed by atoms with Gasteiger partial charge in [-0.25, -0.2) is 10.0 Å². The maximum Gasteiger partial charge on any atom is 0.337 e. The molecule has 6 nitrogen and oxygen atoms in total. The van der Waals surface area contributed by atoms with E-state index in [1.807, 2.05) is 19.1 Å². The number of nitrogens with one attached hydrogen (secondary N) is 2. The van der Waals surface area contributed by atoms with Crippen molar-refractivity contribution in [3.05, 3.63) is 58.1 Å². The van der Waals surface area contributed by atoms with E-state index < -0.39 is 5.23 Å². The third kappa shape index (κ3) is 2.09. The maximum atomic E-state index is 11.9. The zero-order valence-corrected chi connectivity index (χ0v) is 10.8. The number of allylic oxidation sites excluding steroid dienone is 2. The smallest absolute Gasteiger partial charge is 0.337 e. The fourth-order valence-corrected chi connectivity index (χ4v) is 2.58. The highest BCUT2D eigenvalue weighted by atomic mass is 16.8. The molecule has 1 aromatic rings. The summed E-state index contributed by atoms with van der Waals surface area (Å²) in [5.41, 5.74) is 3.24. The number of carbonyl (C=O) groups excluding carboxylic acids is 1. The molecule has 0 aromatic heterocycles. The largest absolute Gasteiger partial charge is 0.595 e. The lowest BCUT2D eigenvalue weighted by atomic mass is 9.87. The van der Waals surface area contributed by atoms with Crippen LogP contribution < -0.4 is 10.5 Å². The van der Waals surface area contributed by atoms with Crippen LogP contribution in [0, 0.1) is 5.21 Å². The Balaban J connectivity index is 2.05. The number of cyclic esters (lactones) is 1. The van der Waals surface area contributed by atoms with Crippen LogP contribution >= 0.6 is 0 Å². The van der Waals surface area contributed by atoms with E-state index in [1.165, 1.54) is 6.07 Å². The summed E-state index contributed by atoms with van der Waals surface area (Å²) < 4.78 is 5.05. The van der Waals surface area contributed by atoms with Gasteiger partial charge in [-0.2, -0.15) is 5.23 Å². The molecule has 0 amide bonds. The zero-order chi connectivity index (χ0) is 14.3. The second-order valence-electron chi connectivity index (χ2n) is 4.85. The Morgan fingerprint density at radius 3 is 3.05 bits per heavy atom. The normalized spacial score (nSPS) is 22.9. The van der Waals surface area contributed by atoms with Crippen molar-refractivity contribution in [1.29, 1.82) is 0 Å². The van der Waals surface area contributed by atoms with Crippen LogP contribution in [0.15, 0.2) is 47.3 Å². The van der Waals surface area contributed by atoms with Crippen LogP contribution in [0.1, 0.15) is 18.4 Å². The first-order valence-corrected chi connectivity index (χ1v) is 6.25. The minimum absolute atomic E-state index is 0.209. The van der Waals surface area contributed by atoms with Gasteiger partial charge in [0.2, 0.25) is 0 Å². The number of ether oxygens (including phenoxy) is 1. The van der Waals surface area contributed by atoms with Crippen LogP contribution in [0.2, 0.25) is 0 Å². The summed E-state index contributed by atoms with van der Waals surface area (Å²) in [4.78, 5) is 11.9. The Morgan fingerprint density at radius 1 is 1.50 bits per heavy atom. The van der Waals surface area contributed by atoms with Gasteiger partial charge >= 0.3 is 5.97 Å². The molecule has 104 valence electrons. The Kier molecular flexibility index (Phi) is 3.06. The average molecular weight is 274 g/mol. The molecule has 0 saturated heterocycles. The van der Waals surface area contributed by atoms with Gasteiger partial charge in [0.05, 0.1) is 11.3 Å². The Labute approximate surface area is 115 Å². The minimum Gasteiger partial charge on any atom is -0.595 e. The number of dihydropyridines is 1. The molecular formula is C14H14N2O4. The van der Waals surface area contributed by atoms with Crippen molar-refractivity contribution in [2.45, 2.75) is 12.8 Å². The lowest BCUT2D eigenvalue weighted by molar-refractivity contribution is -0.991. The van der Waals surface area contributed by atoms with Gasteiger partial charge < -0.3 is 15.3 Å². The second-order valence-corrected chi connectivity index (χ2v) is 4.85. The van der Waals surface area contributed by atoms with E-state index in [0.717, 1.165) is 17.0 Å². The topological polar surface area (TPSA) is 86.1 Å². The quantitative estimate of drug-likeness (QED) is 0.540. The van der Waals surface area contributed by atoms with Crippen molar-refractivity contribution in [1.82, 2.24) is 5.32 Å². The highest BCUT2D eigenvalue weighted by molar-refractivity contribution is 5.94. The molecule has 2 atom stereocenters. The van der Waals surface area contributed by atoms with Gasteiger partial charge in [0.25, 0.3) is 0 Å². The predicted molar refractivity (Wildman–Crippen MR) is 69.8 cm³/mol. The van der Waals surface area contributed by atoms with Crippen LogP contribution in [-0.4, -0.2) is 17.8 Å². The Morgan fingerprint density at radius 2 is 2.30 bits per heavy atom. The van der Waals surface area contributed by atoms with Gasteiger partial charge in [-0.05, 0) is 12.5 Å². The standard InChI is InChI=1S/C14H14N2O4/c1-8-5-11(13-12(15-8)7-20-14(13)17)9-3-2-4-10(6-9)16(18)19/h2-6,11,15-16,18H,7H2,1H3. The Bertz CT molecular complexity index is 634. The molecule has 3 rings (SSSR count). The highest BCUT2D eigenvalue weighted by Crippen LogP contribution is 2.36. The fraction of sp³-hybridized carbons (Fsp3) is 0.214. The van der Waals surface area contributed by atoms with E-state index in [9.17, 15) is 10.0 Å². The van der Waals surface area contributed by atoms with E-state index >= 15 is 0 Å². The van der Waals surface area contributed by atoms with Crippen molar-refractivity contribution in [2.24, 2.45) is 0 Å². The number of hydrogen-bond acceptors (Lipinski definition) is 5. The summed E-state index contributed by atoms with van der Waals surface area (Å²) in [5, 5.41) is 22.3. The van der Waals surface area contributed by atoms with E-state index in [4.69, 9.17) is 9.94 Å². The lowest BCUT2D eigenvalue weighted by Crippen LogP contribution is -2.99. The average Bonchev–Trinajstić information content (AvgIpc) is 2.79. The van der Waals surface area contributed by atoms with Gasteiger partial charge in [0, 0.05) is 23.7 Å². The molecule has 0 spiro atoms. The molecule has 0 fully saturated rings. The van der Waals surface area contributed by atoms with Crippen LogP contribution in [0.4, 0.5) is 5.69 Å². The third-order valence-corrected chi connectivity index (χ3v) is 3.46. The number of esters is 1. The molecule has 0 saturated carbocycles. The number of hydrogen-bond donors (Lipinski definition) is 3. The van der Waals surface area contributed by atoms with Crippen LogP contribution in [-0.2, 0) is 9.53 Å². The molecule has 2 aliphatic rings. The van der Waals surface area contributed by atoms with E-state index in [2.05, 4.69) is 5.32 Å². The SMILES string of the molecule is CC1=CC(c2cccc([NH+]([O-])O)c2)C2=C(COC2=O)N1. The van der Waals surface area contributed by atoms with Crippen molar-refractivity contribution in [2.75, 3.05) is 6.61 Å². The molecule has 0 radical (unpaired) electrons. The van der Waals surface area contributed by atoms with Crippen molar-refractivity contribution < 1.29 is 20.0 Å². The first-order valence-electron chi connectivity index (χ1n) is 6.25. The van der Waals surface area contributed by atoms with Crippen molar-refractivity contribution in [3.63, 3.8) is 0 Å². The lowest BCUT2D eigenvalue weighted by Gasteiger charge is -2.22. The maximum absolute atomic E-state index is 11.9. The third-order valence-electron chi connectivity index (χ3n) is 3.46. The molecular weight excluding hydrogens is 260 g/mol. The molecule has 2 aliphatic heterocycles. The summed E-state index contributed by atoms with van der Waals surface area (Å²) in [5.74, 6) is -0.609.